The first-order valence-corrected chi connectivity index (χ1v) is 8.44. The summed E-state index contributed by atoms with van der Waals surface area (Å²) in [6.07, 6.45) is 1.99. The van der Waals surface area contributed by atoms with Gasteiger partial charge < -0.3 is 9.05 Å². The van der Waals surface area contributed by atoms with E-state index < -0.39 is 5.69 Å². The van der Waals surface area contributed by atoms with E-state index in [1.807, 2.05) is 41.8 Å². The van der Waals surface area contributed by atoms with Crippen molar-refractivity contribution >= 4 is 35.0 Å². The Hall–Kier alpha value is -0.120. The standard InChI is InChI=1S/C10H13O2PS2/c1-11-13(14,12-2)15-9-8-10-6-4-3-5-7-10/h3-9H,1-2H3. The van der Waals surface area contributed by atoms with E-state index >= 15 is 0 Å². The molecule has 0 aromatic heterocycles. The first kappa shape index (κ1) is 12.9. The lowest BCUT2D eigenvalue weighted by atomic mass is 10.2. The van der Waals surface area contributed by atoms with Gasteiger partial charge in [0.05, 0.1) is 0 Å². The molecule has 1 aromatic rings. The molecule has 82 valence electrons. The quantitative estimate of drug-likeness (QED) is 0.747. The van der Waals surface area contributed by atoms with Crippen LogP contribution < -0.4 is 0 Å². The topological polar surface area (TPSA) is 18.5 Å². The predicted octanol–water partition coefficient (Wildman–Crippen LogP) is 3.91. The minimum absolute atomic E-state index is 1.14. The van der Waals surface area contributed by atoms with Crippen molar-refractivity contribution in [1.29, 1.82) is 0 Å². The van der Waals surface area contributed by atoms with Gasteiger partial charge in [0, 0.05) is 14.2 Å². The number of hydrogen-bond donors (Lipinski definition) is 0. The van der Waals surface area contributed by atoms with E-state index in [0.717, 1.165) is 5.56 Å². The zero-order chi connectivity index (χ0) is 11.1. The molecule has 0 fully saturated rings. The van der Waals surface area contributed by atoms with Gasteiger partial charge in [-0.1, -0.05) is 30.3 Å². The molecule has 0 aliphatic heterocycles. The normalized spacial score (nSPS) is 12.1. The van der Waals surface area contributed by atoms with Crippen molar-refractivity contribution in [3.8, 4) is 0 Å². The smallest absolute Gasteiger partial charge is 0.251 e. The Morgan fingerprint density at radius 2 is 1.80 bits per heavy atom. The lowest BCUT2D eigenvalue weighted by Crippen LogP contribution is -1.80. The van der Waals surface area contributed by atoms with Crippen LogP contribution in [0.3, 0.4) is 0 Å². The van der Waals surface area contributed by atoms with Crippen LogP contribution in [-0.2, 0) is 20.9 Å². The molecular formula is C10H13O2PS2. The molecule has 0 radical (unpaired) electrons. The summed E-state index contributed by atoms with van der Waals surface area (Å²) in [5, 5.41) is 1.92. The fourth-order valence-electron chi connectivity index (χ4n) is 0.908. The summed E-state index contributed by atoms with van der Waals surface area (Å²) >= 11 is 6.62. The van der Waals surface area contributed by atoms with Gasteiger partial charge in [0.1, 0.15) is 0 Å². The SMILES string of the molecule is COP(=S)(OC)SC=Cc1ccccc1. The number of hydrogen-bond acceptors (Lipinski definition) is 4. The van der Waals surface area contributed by atoms with Gasteiger partial charge >= 0.3 is 0 Å². The Morgan fingerprint density at radius 1 is 1.20 bits per heavy atom. The molecule has 1 aromatic carbocycles. The molecule has 0 atom stereocenters. The average molecular weight is 260 g/mol. The van der Waals surface area contributed by atoms with Gasteiger partial charge in [0.2, 0.25) is 0 Å². The van der Waals surface area contributed by atoms with E-state index in [1.165, 1.54) is 11.4 Å². The van der Waals surface area contributed by atoms with Crippen molar-refractivity contribution in [2.75, 3.05) is 14.2 Å². The van der Waals surface area contributed by atoms with Crippen molar-refractivity contribution in [3.63, 3.8) is 0 Å². The van der Waals surface area contributed by atoms with Crippen LogP contribution in [0.1, 0.15) is 5.56 Å². The Balaban J connectivity index is 2.57. The van der Waals surface area contributed by atoms with E-state index in [0.29, 0.717) is 0 Å². The highest BCUT2D eigenvalue weighted by Gasteiger charge is 2.13. The minimum atomic E-state index is -2.15. The van der Waals surface area contributed by atoms with Gasteiger partial charge in [-0.2, -0.15) is 0 Å². The Kier molecular flexibility index (Phi) is 5.58. The van der Waals surface area contributed by atoms with Crippen LogP contribution in [0, 0.1) is 0 Å². The monoisotopic (exact) mass is 260 g/mol. The lowest BCUT2D eigenvalue weighted by molar-refractivity contribution is 0.354. The zero-order valence-electron chi connectivity index (χ0n) is 8.62. The van der Waals surface area contributed by atoms with Crippen molar-refractivity contribution in [2.45, 2.75) is 0 Å². The van der Waals surface area contributed by atoms with E-state index in [-0.39, 0.29) is 0 Å². The molecule has 0 saturated carbocycles. The second-order valence-electron chi connectivity index (χ2n) is 2.63. The van der Waals surface area contributed by atoms with E-state index in [4.69, 9.17) is 20.9 Å². The molecule has 0 saturated heterocycles. The second kappa shape index (κ2) is 6.46. The van der Waals surface area contributed by atoms with E-state index in [1.54, 1.807) is 14.2 Å². The molecular weight excluding hydrogens is 247 g/mol. The van der Waals surface area contributed by atoms with Crippen molar-refractivity contribution in [3.05, 3.63) is 41.3 Å². The highest BCUT2D eigenvalue weighted by molar-refractivity contribution is 8.69. The van der Waals surface area contributed by atoms with Gasteiger partial charge in [-0.05, 0) is 40.2 Å². The highest BCUT2D eigenvalue weighted by atomic mass is 32.9. The maximum atomic E-state index is 5.20. The van der Waals surface area contributed by atoms with Crippen LogP contribution in [0.4, 0.5) is 0 Å². The van der Waals surface area contributed by atoms with Gasteiger partial charge in [-0.3, -0.25) is 0 Å². The van der Waals surface area contributed by atoms with Crippen molar-refractivity contribution < 1.29 is 9.05 Å². The summed E-state index contributed by atoms with van der Waals surface area (Å²) in [5.74, 6) is 0. The summed E-state index contributed by atoms with van der Waals surface area (Å²) in [6.45, 7) is 0. The first-order chi connectivity index (χ1) is 7.20. The van der Waals surface area contributed by atoms with Crippen molar-refractivity contribution in [2.24, 2.45) is 0 Å². The Morgan fingerprint density at radius 3 is 2.33 bits per heavy atom. The molecule has 0 aliphatic carbocycles. The molecule has 0 unspecified atom stereocenters. The Bertz CT molecular complexity index is 357. The summed E-state index contributed by atoms with van der Waals surface area (Å²) in [6, 6.07) is 10.0. The Labute approximate surface area is 99.6 Å². The molecule has 5 heteroatoms. The molecule has 15 heavy (non-hydrogen) atoms. The first-order valence-electron chi connectivity index (χ1n) is 4.32. The van der Waals surface area contributed by atoms with Gasteiger partial charge in [-0.15, -0.1) is 0 Å². The van der Waals surface area contributed by atoms with Crippen LogP contribution in [0.5, 0.6) is 0 Å². The minimum Gasteiger partial charge on any atom is -0.325 e. The summed E-state index contributed by atoms with van der Waals surface area (Å²) in [7, 11) is 3.15. The predicted molar refractivity (Wildman–Crippen MR) is 71.4 cm³/mol. The van der Waals surface area contributed by atoms with Crippen LogP contribution in [-0.4, -0.2) is 14.2 Å². The maximum absolute atomic E-state index is 5.20. The summed E-state index contributed by atoms with van der Waals surface area (Å²) in [4.78, 5) is 0. The second-order valence-corrected chi connectivity index (χ2v) is 8.95. The van der Waals surface area contributed by atoms with Crippen LogP contribution in [0.25, 0.3) is 6.08 Å². The number of benzene rings is 1. The average Bonchev–Trinajstić information content (AvgIpc) is 2.30. The lowest BCUT2D eigenvalue weighted by Gasteiger charge is -2.13. The fourth-order valence-corrected chi connectivity index (χ4v) is 3.19. The fraction of sp³-hybridized carbons (Fsp3) is 0.200. The molecule has 0 N–H and O–H groups in total. The van der Waals surface area contributed by atoms with Crippen LogP contribution in [0.2, 0.25) is 0 Å². The highest BCUT2D eigenvalue weighted by Crippen LogP contribution is 2.60. The van der Waals surface area contributed by atoms with Gasteiger partial charge in [0.15, 0.2) is 0 Å². The largest absolute Gasteiger partial charge is 0.325 e. The molecule has 0 amide bonds. The van der Waals surface area contributed by atoms with Gasteiger partial charge in [0.25, 0.3) is 5.69 Å². The van der Waals surface area contributed by atoms with E-state index in [9.17, 15) is 0 Å². The molecule has 0 bridgehead atoms. The number of rotatable bonds is 5. The molecule has 0 heterocycles. The third-order valence-corrected chi connectivity index (χ3v) is 6.81. The zero-order valence-corrected chi connectivity index (χ0v) is 11.1. The summed E-state index contributed by atoms with van der Waals surface area (Å²) in [5.41, 5.74) is -1.02. The van der Waals surface area contributed by atoms with E-state index in [2.05, 4.69) is 0 Å². The molecule has 0 aliphatic rings. The van der Waals surface area contributed by atoms with Crippen molar-refractivity contribution in [1.82, 2.24) is 0 Å². The third-order valence-electron chi connectivity index (χ3n) is 1.70. The third kappa shape index (κ3) is 4.49. The van der Waals surface area contributed by atoms with Crippen LogP contribution in [0.15, 0.2) is 35.7 Å². The van der Waals surface area contributed by atoms with Crippen LogP contribution >= 0.6 is 17.1 Å². The van der Waals surface area contributed by atoms with Gasteiger partial charge in [-0.25, -0.2) is 0 Å². The molecule has 2 nitrogen and oxygen atoms in total. The summed E-state index contributed by atoms with van der Waals surface area (Å²) < 4.78 is 10.3. The maximum Gasteiger partial charge on any atom is 0.251 e. The molecule has 0 spiro atoms. The molecule has 1 rings (SSSR count).